The van der Waals surface area contributed by atoms with Crippen molar-refractivity contribution in [1.82, 2.24) is 24.5 Å². The average Bonchev–Trinajstić information content (AvgIpc) is 3.34. The van der Waals surface area contributed by atoms with Crippen LogP contribution in [-0.4, -0.2) is 41.8 Å². The quantitative estimate of drug-likeness (QED) is 0.147. The molecule has 0 bridgehead atoms. The molecule has 5 aromatic rings. The highest BCUT2D eigenvalue weighted by molar-refractivity contribution is 7.89. The predicted octanol–water partition coefficient (Wildman–Crippen LogP) is 4.41. The minimum atomic E-state index is -4.91. The SMILES string of the molecule is COc1c(F)c(F)c(F)c(F)c1S(=O)(=O)NCCn1nc(-c2ccc(Oc3ccccc3)cc2)c2c(N)ncnc21. The number of fused-ring (bicyclic) bond motifs is 1. The number of sulfonamides is 1. The second kappa shape index (κ2) is 11.0. The van der Waals surface area contributed by atoms with Gasteiger partial charge in [-0.2, -0.15) is 9.49 Å². The van der Waals surface area contributed by atoms with E-state index in [1.54, 1.807) is 24.3 Å². The lowest BCUT2D eigenvalue weighted by atomic mass is 10.1. The van der Waals surface area contributed by atoms with Crippen molar-refractivity contribution in [2.75, 3.05) is 19.4 Å². The van der Waals surface area contributed by atoms with Crippen LogP contribution in [0.4, 0.5) is 23.4 Å². The van der Waals surface area contributed by atoms with Crippen molar-refractivity contribution in [2.45, 2.75) is 11.4 Å². The maximum absolute atomic E-state index is 14.4. The van der Waals surface area contributed by atoms with E-state index in [2.05, 4.69) is 19.8 Å². The summed E-state index contributed by atoms with van der Waals surface area (Å²) in [5.74, 6) is -8.57. The van der Waals surface area contributed by atoms with E-state index in [9.17, 15) is 26.0 Å². The topological polar surface area (TPSA) is 134 Å². The van der Waals surface area contributed by atoms with Gasteiger partial charge in [-0.05, 0) is 36.4 Å². The molecule has 212 valence electrons. The number of nitrogen functional groups attached to an aromatic ring is 1. The summed E-state index contributed by atoms with van der Waals surface area (Å²) in [4.78, 5) is 6.70. The smallest absolute Gasteiger partial charge is 0.247 e. The van der Waals surface area contributed by atoms with Crippen molar-refractivity contribution in [3.8, 4) is 28.5 Å². The first kappa shape index (κ1) is 27.8. The number of nitrogens with zero attached hydrogens (tertiary/aromatic N) is 4. The summed E-state index contributed by atoms with van der Waals surface area (Å²) in [6, 6.07) is 16.1. The van der Waals surface area contributed by atoms with Gasteiger partial charge in [-0.25, -0.2) is 41.0 Å². The van der Waals surface area contributed by atoms with Crippen LogP contribution in [0.15, 0.2) is 65.8 Å². The first-order chi connectivity index (χ1) is 19.6. The number of nitrogens with one attached hydrogen (secondary N) is 1. The van der Waals surface area contributed by atoms with E-state index in [-0.39, 0.29) is 18.0 Å². The highest BCUT2D eigenvalue weighted by atomic mass is 32.2. The summed E-state index contributed by atoms with van der Waals surface area (Å²) in [6.07, 6.45) is 1.20. The molecule has 0 aliphatic heterocycles. The van der Waals surface area contributed by atoms with Crippen LogP contribution in [0.1, 0.15) is 0 Å². The number of hydrogen-bond acceptors (Lipinski definition) is 8. The van der Waals surface area contributed by atoms with Crippen molar-refractivity contribution >= 4 is 26.9 Å². The number of ether oxygens (including phenoxy) is 2. The minimum Gasteiger partial charge on any atom is -0.492 e. The standard InChI is InChI=1S/C26H20F4N6O4S/c1-39-23-20(29)18(27)19(28)21(30)24(23)41(37,38)34-11-12-36-26-17(25(31)32-13-33-26)22(35-36)14-7-9-16(10-8-14)40-15-5-3-2-4-6-15/h2-10,13,34H,11-12H2,1H3,(H2,31,32,33). The number of benzene rings is 3. The van der Waals surface area contributed by atoms with Crippen LogP contribution in [-0.2, 0) is 16.6 Å². The van der Waals surface area contributed by atoms with Crippen LogP contribution in [0.2, 0.25) is 0 Å². The monoisotopic (exact) mass is 588 g/mol. The predicted molar refractivity (Wildman–Crippen MR) is 140 cm³/mol. The summed E-state index contributed by atoms with van der Waals surface area (Å²) < 4.78 is 95.1. The zero-order chi connectivity index (χ0) is 29.3. The third-order valence-corrected chi connectivity index (χ3v) is 7.42. The Labute approximate surface area is 230 Å². The van der Waals surface area contributed by atoms with Crippen molar-refractivity contribution in [1.29, 1.82) is 0 Å². The largest absolute Gasteiger partial charge is 0.492 e. The fourth-order valence-corrected chi connectivity index (χ4v) is 5.31. The van der Waals surface area contributed by atoms with E-state index in [4.69, 9.17) is 10.5 Å². The van der Waals surface area contributed by atoms with E-state index in [0.29, 0.717) is 28.1 Å². The highest BCUT2D eigenvalue weighted by Gasteiger charge is 2.34. The molecule has 5 rings (SSSR count). The van der Waals surface area contributed by atoms with Gasteiger partial charge in [0.15, 0.2) is 27.9 Å². The molecule has 10 nitrogen and oxygen atoms in total. The number of para-hydroxylation sites is 1. The van der Waals surface area contributed by atoms with Gasteiger partial charge in [0.2, 0.25) is 21.7 Å². The summed E-state index contributed by atoms with van der Waals surface area (Å²) >= 11 is 0. The van der Waals surface area contributed by atoms with E-state index >= 15 is 0 Å². The fraction of sp³-hybridized carbons (Fsp3) is 0.115. The van der Waals surface area contributed by atoms with Gasteiger partial charge in [0, 0.05) is 12.1 Å². The molecule has 15 heteroatoms. The maximum Gasteiger partial charge on any atom is 0.247 e. The van der Waals surface area contributed by atoms with Crippen molar-refractivity contribution in [3.05, 3.63) is 84.2 Å². The van der Waals surface area contributed by atoms with Gasteiger partial charge in [-0.15, -0.1) is 0 Å². The van der Waals surface area contributed by atoms with Gasteiger partial charge in [0.25, 0.3) is 0 Å². The zero-order valence-electron chi connectivity index (χ0n) is 21.1. The van der Waals surface area contributed by atoms with Crippen molar-refractivity contribution in [2.24, 2.45) is 0 Å². The third kappa shape index (κ3) is 5.24. The van der Waals surface area contributed by atoms with E-state index < -0.39 is 50.5 Å². The van der Waals surface area contributed by atoms with Gasteiger partial charge < -0.3 is 15.2 Å². The number of nitrogens with two attached hydrogens (primary N) is 1. The maximum atomic E-state index is 14.4. The Morgan fingerprint density at radius 3 is 2.24 bits per heavy atom. The van der Waals surface area contributed by atoms with Crippen LogP contribution in [0.5, 0.6) is 17.2 Å². The summed E-state index contributed by atoms with van der Waals surface area (Å²) in [5, 5.41) is 4.90. The van der Waals surface area contributed by atoms with E-state index in [1.165, 1.54) is 11.0 Å². The molecule has 0 aliphatic rings. The number of rotatable bonds is 9. The lowest BCUT2D eigenvalue weighted by Crippen LogP contribution is -2.29. The Morgan fingerprint density at radius 2 is 1.56 bits per heavy atom. The van der Waals surface area contributed by atoms with E-state index in [1.807, 2.05) is 35.1 Å². The molecule has 0 saturated carbocycles. The van der Waals surface area contributed by atoms with Crippen LogP contribution in [0, 0.1) is 23.3 Å². The lowest BCUT2D eigenvalue weighted by Gasteiger charge is -2.13. The number of aromatic nitrogens is 4. The van der Waals surface area contributed by atoms with Crippen molar-refractivity contribution in [3.63, 3.8) is 0 Å². The molecule has 0 fully saturated rings. The molecule has 0 amide bonds. The second-order valence-electron chi connectivity index (χ2n) is 8.48. The fourth-order valence-electron chi connectivity index (χ4n) is 4.07. The number of anilines is 1. The van der Waals surface area contributed by atoms with Crippen molar-refractivity contribution < 1.29 is 35.5 Å². The first-order valence-electron chi connectivity index (χ1n) is 11.8. The molecule has 0 aliphatic carbocycles. The summed E-state index contributed by atoms with van der Waals surface area (Å²) in [5.41, 5.74) is 7.38. The van der Waals surface area contributed by atoms with Crippen LogP contribution >= 0.6 is 0 Å². The van der Waals surface area contributed by atoms with Gasteiger partial charge in [0.1, 0.15) is 29.3 Å². The molecule has 41 heavy (non-hydrogen) atoms. The summed E-state index contributed by atoms with van der Waals surface area (Å²) in [7, 11) is -4.12. The van der Waals surface area contributed by atoms with E-state index in [0.717, 1.165) is 7.11 Å². The number of hydrogen-bond donors (Lipinski definition) is 2. The Balaban J connectivity index is 1.41. The Kier molecular flexibility index (Phi) is 7.47. The first-order valence-corrected chi connectivity index (χ1v) is 13.3. The molecular weight excluding hydrogens is 568 g/mol. The molecule has 0 saturated heterocycles. The molecule has 0 spiro atoms. The second-order valence-corrected chi connectivity index (χ2v) is 10.2. The third-order valence-electron chi connectivity index (χ3n) is 5.94. The molecule has 0 radical (unpaired) electrons. The molecule has 0 unspecified atom stereocenters. The highest BCUT2D eigenvalue weighted by Crippen LogP contribution is 2.34. The normalized spacial score (nSPS) is 11.6. The minimum absolute atomic E-state index is 0.116. The average molecular weight is 589 g/mol. The lowest BCUT2D eigenvalue weighted by molar-refractivity contribution is 0.327. The molecule has 0 atom stereocenters. The molecule has 2 heterocycles. The molecule has 3 N–H and O–H groups in total. The Bertz CT molecular complexity index is 1850. The summed E-state index contributed by atoms with van der Waals surface area (Å²) in [6.45, 7) is -0.604. The zero-order valence-corrected chi connectivity index (χ0v) is 21.9. The van der Waals surface area contributed by atoms with Crippen LogP contribution in [0.3, 0.4) is 0 Å². The molecular formula is C26H20F4N6O4S. The Hall–Kier alpha value is -4.76. The number of halogens is 4. The van der Waals surface area contributed by atoms with Gasteiger partial charge >= 0.3 is 0 Å². The molecule has 2 aromatic heterocycles. The van der Waals surface area contributed by atoms with Gasteiger partial charge in [-0.3, -0.25) is 0 Å². The van der Waals surface area contributed by atoms with Gasteiger partial charge in [-0.1, -0.05) is 18.2 Å². The van der Waals surface area contributed by atoms with Crippen LogP contribution < -0.4 is 19.9 Å². The number of methoxy groups -OCH3 is 1. The van der Waals surface area contributed by atoms with Gasteiger partial charge in [0.05, 0.1) is 19.0 Å². The van der Waals surface area contributed by atoms with Crippen LogP contribution in [0.25, 0.3) is 22.3 Å². The Morgan fingerprint density at radius 1 is 0.902 bits per heavy atom. The molecule has 3 aromatic carbocycles.